The number of benzene rings is 1. The molecule has 0 aliphatic carbocycles. The zero-order chi connectivity index (χ0) is 19.9. The number of hydrogen-bond donors (Lipinski definition) is 2. The Balaban J connectivity index is 1.99. The van der Waals surface area contributed by atoms with E-state index in [1.165, 1.54) is 12.1 Å². The molecule has 9 heteroatoms. The lowest BCUT2D eigenvalue weighted by atomic mass is 9.99. The SMILES string of the molecule is Cc1nn(CC(C)C)c(C)c1S(=O)(=O)Nc1ccc2c(c1F)CCNC2=O. The monoisotopic (exact) mass is 394 g/mol. The summed E-state index contributed by atoms with van der Waals surface area (Å²) in [6.45, 7) is 8.24. The number of halogens is 1. The number of carbonyl (C=O) groups is 1. The van der Waals surface area contributed by atoms with Crippen molar-refractivity contribution in [1.82, 2.24) is 15.1 Å². The molecule has 1 aliphatic rings. The molecule has 0 bridgehead atoms. The maximum absolute atomic E-state index is 14.8. The lowest BCUT2D eigenvalue weighted by Crippen LogP contribution is -2.32. The van der Waals surface area contributed by atoms with Crippen LogP contribution in [0.15, 0.2) is 17.0 Å². The molecular weight excluding hydrogens is 371 g/mol. The van der Waals surface area contributed by atoms with Crippen LogP contribution in [-0.4, -0.2) is 30.7 Å². The molecule has 0 fully saturated rings. The van der Waals surface area contributed by atoms with E-state index in [2.05, 4.69) is 15.1 Å². The van der Waals surface area contributed by atoms with Gasteiger partial charge in [0.15, 0.2) is 5.82 Å². The fourth-order valence-electron chi connectivity index (χ4n) is 3.34. The first kappa shape index (κ1) is 19.3. The topological polar surface area (TPSA) is 93.1 Å². The molecule has 27 heavy (non-hydrogen) atoms. The highest BCUT2D eigenvalue weighted by Gasteiger charge is 2.28. The molecule has 7 nitrogen and oxygen atoms in total. The van der Waals surface area contributed by atoms with Crippen molar-refractivity contribution in [3.05, 3.63) is 40.5 Å². The Hall–Kier alpha value is -2.42. The van der Waals surface area contributed by atoms with Gasteiger partial charge in [0.25, 0.3) is 15.9 Å². The summed E-state index contributed by atoms with van der Waals surface area (Å²) in [5.41, 5.74) is 1.16. The van der Waals surface area contributed by atoms with Gasteiger partial charge in [-0.15, -0.1) is 0 Å². The minimum atomic E-state index is -4.03. The number of hydrogen-bond acceptors (Lipinski definition) is 4. The summed E-state index contributed by atoms with van der Waals surface area (Å²) >= 11 is 0. The molecule has 1 aromatic heterocycles. The summed E-state index contributed by atoms with van der Waals surface area (Å²) in [6.07, 6.45) is 0.312. The van der Waals surface area contributed by atoms with Gasteiger partial charge in [0.05, 0.1) is 17.1 Å². The molecule has 2 aromatic rings. The summed E-state index contributed by atoms with van der Waals surface area (Å²) < 4.78 is 44.6. The van der Waals surface area contributed by atoms with E-state index >= 15 is 0 Å². The van der Waals surface area contributed by atoms with Crippen molar-refractivity contribution in [2.45, 2.75) is 45.6 Å². The summed E-state index contributed by atoms with van der Waals surface area (Å²) in [4.78, 5) is 11.9. The molecule has 1 amide bonds. The van der Waals surface area contributed by atoms with E-state index in [0.717, 1.165) is 0 Å². The largest absolute Gasteiger partial charge is 0.352 e. The first-order valence-electron chi connectivity index (χ1n) is 8.78. The summed E-state index contributed by atoms with van der Waals surface area (Å²) in [6, 6.07) is 2.71. The number of carbonyl (C=O) groups excluding carboxylic acids is 1. The zero-order valence-electron chi connectivity index (χ0n) is 15.8. The van der Waals surface area contributed by atoms with Crippen LogP contribution in [0.3, 0.4) is 0 Å². The van der Waals surface area contributed by atoms with Crippen molar-refractivity contribution in [3.63, 3.8) is 0 Å². The second-order valence-corrected chi connectivity index (χ2v) is 8.76. The number of aryl methyl sites for hydroxylation is 1. The molecule has 1 aromatic carbocycles. The smallest absolute Gasteiger partial charge is 0.265 e. The van der Waals surface area contributed by atoms with Crippen LogP contribution >= 0.6 is 0 Å². The minimum Gasteiger partial charge on any atom is -0.352 e. The number of fused-ring (bicyclic) bond motifs is 1. The number of sulfonamides is 1. The second kappa shape index (κ2) is 6.95. The molecule has 0 radical (unpaired) electrons. The van der Waals surface area contributed by atoms with Gasteiger partial charge in [0.2, 0.25) is 0 Å². The predicted molar refractivity (Wildman–Crippen MR) is 99.8 cm³/mol. The first-order chi connectivity index (χ1) is 12.6. The van der Waals surface area contributed by atoms with E-state index in [4.69, 9.17) is 0 Å². The lowest BCUT2D eigenvalue weighted by Gasteiger charge is -2.19. The van der Waals surface area contributed by atoms with Crippen molar-refractivity contribution in [2.24, 2.45) is 5.92 Å². The summed E-state index contributed by atoms with van der Waals surface area (Å²) in [5.74, 6) is -0.766. The molecule has 3 rings (SSSR count). The number of aromatic nitrogens is 2. The van der Waals surface area contributed by atoms with Crippen LogP contribution in [0.5, 0.6) is 0 Å². The molecule has 0 spiro atoms. The lowest BCUT2D eigenvalue weighted by molar-refractivity contribution is 0.0945. The fraction of sp³-hybridized carbons (Fsp3) is 0.444. The number of amides is 1. The molecule has 2 N–H and O–H groups in total. The van der Waals surface area contributed by atoms with Crippen LogP contribution < -0.4 is 10.0 Å². The van der Waals surface area contributed by atoms with Crippen LogP contribution in [0.2, 0.25) is 0 Å². The van der Waals surface area contributed by atoms with Gasteiger partial charge in [-0.25, -0.2) is 12.8 Å². The van der Waals surface area contributed by atoms with Crippen molar-refractivity contribution in [2.75, 3.05) is 11.3 Å². The van der Waals surface area contributed by atoms with Gasteiger partial charge in [-0.05, 0) is 38.3 Å². The molecule has 0 saturated carbocycles. The number of nitrogens with one attached hydrogen (secondary N) is 2. The van der Waals surface area contributed by atoms with Gasteiger partial charge in [0, 0.05) is 24.2 Å². The average Bonchev–Trinajstić information content (AvgIpc) is 2.84. The highest BCUT2D eigenvalue weighted by molar-refractivity contribution is 7.92. The normalized spacial score (nSPS) is 14.2. The summed E-state index contributed by atoms with van der Waals surface area (Å²) in [7, 11) is -4.03. The van der Waals surface area contributed by atoms with E-state index < -0.39 is 15.8 Å². The van der Waals surface area contributed by atoms with Gasteiger partial charge in [-0.3, -0.25) is 14.2 Å². The van der Waals surface area contributed by atoms with E-state index in [1.807, 2.05) is 13.8 Å². The van der Waals surface area contributed by atoms with Gasteiger partial charge < -0.3 is 5.32 Å². The Morgan fingerprint density at radius 2 is 2.04 bits per heavy atom. The third-order valence-corrected chi connectivity index (χ3v) is 6.13. The highest BCUT2D eigenvalue weighted by atomic mass is 32.2. The minimum absolute atomic E-state index is 0.0537. The predicted octanol–water partition coefficient (Wildman–Crippen LogP) is 2.38. The van der Waals surface area contributed by atoms with Gasteiger partial charge in [-0.1, -0.05) is 13.8 Å². The second-order valence-electron chi connectivity index (χ2n) is 7.14. The third kappa shape index (κ3) is 3.55. The Labute approximate surface area is 158 Å². The van der Waals surface area contributed by atoms with Crippen LogP contribution in [0.25, 0.3) is 0 Å². The van der Waals surface area contributed by atoms with Gasteiger partial charge in [0.1, 0.15) is 4.90 Å². The maximum Gasteiger partial charge on any atom is 0.265 e. The first-order valence-corrected chi connectivity index (χ1v) is 10.3. The Kier molecular flexibility index (Phi) is 4.98. The number of nitrogens with zero attached hydrogens (tertiary/aromatic N) is 2. The van der Waals surface area contributed by atoms with Crippen molar-refractivity contribution < 1.29 is 17.6 Å². The van der Waals surface area contributed by atoms with E-state index in [0.29, 0.717) is 36.8 Å². The number of rotatable bonds is 5. The molecule has 0 unspecified atom stereocenters. The molecule has 0 atom stereocenters. The average molecular weight is 394 g/mol. The van der Waals surface area contributed by atoms with Crippen LogP contribution in [0.4, 0.5) is 10.1 Å². The molecule has 0 saturated heterocycles. The Morgan fingerprint density at radius 1 is 1.33 bits per heavy atom. The van der Waals surface area contributed by atoms with E-state index in [9.17, 15) is 17.6 Å². The van der Waals surface area contributed by atoms with E-state index in [-0.39, 0.29) is 27.6 Å². The van der Waals surface area contributed by atoms with Crippen LogP contribution in [0.1, 0.15) is 41.2 Å². The molecule has 2 heterocycles. The van der Waals surface area contributed by atoms with Crippen LogP contribution in [0, 0.1) is 25.6 Å². The quantitative estimate of drug-likeness (QED) is 0.814. The van der Waals surface area contributed by atoms with Gasteiger partial charge in [-0.2, -0.15) is 5.10 Å². The molecule has 1 aliphatic heterocycles. The molecule has 146 valence electrons. The number of anilines is 1. The van der Waals surface area contributed by atoms with Crippen molar-refractivity contribution in [1.29, 1.82) is 0 Å². The van der Waals surface area contributed by atoms with Crippen molar-refractivity contribution in [3.8, 4) is 0 Å². The summed E-state index contributed by atoms with van der Waals surface area (Å²) in [5, 5.41) is 6.95. The molecular formula is C18H23FN4O3S. The standard InChI is InChI=1S/C18H23FN4O3S/c1-10(2)9-23-12(4)17(11(3)21-23)27(25,26)22-15-6-5-14-13(16(15)19)7-8-20-18(14)24/h5-6,10,22H,7-9H2,1-4H3,(H,20,24). The van der Waals surface area contributed by atoms with Gasteiger partial charge >= 0.3 is 0 Å². The van der Waals surface area contributed by atoms with Crippen molar-refractivity contribution >= 4 is 21.6 Å². The Bertz CT molecular complexity index is 1010. The maximum atomic E-state index is 14.8. The Morgan fingerprint density at radius 3 is 2.70 bits per heavy atom. The van der Waals surface area contributed by atoms with E-state index in [1.54, 1.807) is 18.5 Å². The third-order valence-electron chi connectivity index (χ3n) is 4.51. The fourth-order valence-corrected chi connectivity index (χ4v) is 4.82. The zero-order valence-corrected chi connectivity index (χ0v) is 16.6. The van der Waals surface area contributed by atoms with Crippen LogP contribution in [-0.2, 0) is 23.0 Å². The highest BCUT2D eigenvalue weighted by Crippen LogP contribution is 2.28.